The van der Waals surface area contributed by atoms with E-state index >= 15 is 0 Å². The van der Waals surface area contributed by atoms with Crippen LogP contribution in [-0.2, 0) is 16.0 Å². The molecule has 41 heavy (non-hydrogen) atoms. The maximum Gasteiger partial charge on any atom is 0.410 e. The lowest BCUT2D eigenvalue weighted by Gasteiger charge is -2.31. The van der Waals surface area contributed by atoms with Gasteiger partial charge in [-0.05, 0) is 82.7 Å². The lowest BCUT2D eigenvalue weighted by atomic mass is 9.91. The Labute approximate surface area is 241 Å². The summed E-state index contributed by atoms with van der Waals surface area (Å²) in [6.45, 7) is 8.78. The number of aromatic nitrogens is 2. The van der Waals surface area contributed by atoms with Gasteiger partial charge in [0.25, 0.3) is 0 Å². The fourth-order valence-corrected chi connectivity index (χ4v) is 5.09. The van der Waals surface area contributed by atoms with Crippen molar-refractivity contribution in [2.45, 2.75) is 64.6 Å². The molecule has 1 saturated heterocycles. The van der Waals surface area contributed by atoms with E-state index in [4.69, 9.17) is 14.5 Å². The van der Waals surface area contributed by atoms with Crippen molar-refractivity contribution >= 4 is 6.09 Å². The highest BCUT2D eigenvalue weighted by Gasteiger charge is 2.30. The minimum absolute atomic E-state index is 0.100. The summed E-state index contributed by atoms with van der Waals surface area (Å²) in [5, 5.41) is 3.72. The summed E-state index contributed by atoms with van der Waals surface area (Å²) in [6, 6.07) is 13.4. The molecule has 1 amide bonds. The smallest absolute Gasteiger partial charge is 0.410 e. The number of carbonyl (C=O) groups is 1. The number of unbranched alkanes of at least 4 members (excludes halogenated alkanes) is 1. The van der Waals surface area contributed by atoms with E-state index in [1.54, 1.807) is 11.9 Å². The average Bonchev–Trinajstić information content (AvgIpc) is 3.34. The van der Waals surface area contributed by atoms with Crippen molar-refractivity contribution in [1.29, 1.82) is 0 Å². The molecule has 1 aliphatic heterocycles. The number of carbonyl (C=O) groups excluding carboxylic acids is 1. The molecule has 1 aromatic heterocycles. The minimum atomic E-state index is -0.529. The number of hydrogen-bond acceptors (Lipinski definition) is 5. The molecule has 1 atom stereocenters. The van der Waals surface area contributed by atoms with Crippen LogP contribution in [0.4, 0.5) is 13.6 Å². The zero-order valence-electron chi connectivity index (χ0n) is 24.5. The van der Waals surface area contributed by atoms with Gasteiger partial charge in [-0.25, -0.2) is 18.6 Å². The van der Waals surface area contributed by atoms with Crippen LogP contribution in [-0.4, -0.2) is 59.5 Å². The van der Waals surface area contributed by atoms with E-state index in [-0.39, 0.29) is 23.6 Å². The molecule has 1 fully saturated rings. The first kappa shape index (κ1) is 30.7. The topological polar surface area (TPSA) is 68.6 Å². The zero-order chi connectivity index (χ0) is 29.4. The molecule has 1 unspecified atom stereocenters. The first-order valence-electron chi connectivity index (χ1n) is 14.4. The van der Waals surface area contributed by atoms with E-state index in [1.165, 1.54) is 6.07 Å². The Bertz CT molecular complexity index is 1270. The summed E-state index contributed by atoms with van der Waals surface area (Å²) in [5.41, 5.74) is 1.12. The van der Waals surface area contributed by atoms with E-state index < -0.39 is 17.2 Å². The van der Waals surface area contributed by atoms with E-state index in [9.17, 15) is 13.6 Å². The molecule has 2 aromatic carbocycles. The molecular weight excluding hydrogens is 526 g/mol. The molecule has 7 nitrogen and oxygen atoms in total. The van der Waals surface area contributed by atoms with Gasteiger partial charge in [-0.1, -0.05) is 30.3 Å². The van der Waals surface area contributed by atoms with Crippen molar-refractivity contribution in [3.63, 3.8) is 0 Å². The monoisotopic (exact) mass is 568 g/mol. The van der Waals surface area contributed by atoms with Gasteiger partial charge in [0.1, 0.15) is 23.1 Å². The Morgan fingerprint density at radius 2 is 1.88 bits per heavy atom. The van der Waals surface area contributed by atoms with Crippen LogP contribution in [0.15, 0.2) is 54.7 Å². The van der Waals surface area contributed by atoms with Crippen LogP contribution in [0.1, 0.15) is 63.9 Å². The third kappa shape index (κ3) is 8.84. The van der Waals surface area contributed by atoms with Crippen molar-refractivity contribution in [3.8, 4) is 11.3 Å². The van der Waals surface area contributed by atoms with Gasteiger partial charge in [-0.15, -0.1) is 0 Å². The standard InChI is InChI=1S/C32H42F2N4O3/c1-32(2,3)41-31(39)37(4)17-9-8-16-35-29(24-14-18-40-19-15-24)30-36-28(26-20-25(33)12-13-27(26)34)22-38(30)21-23-10-6-5-7-11-23/h5-7,10-13,20,22,24,29,35H,8-9,14-19,21H2,1-4H3. The van der Waals surface area contributed by atoms with Gasteiger partial charge in [0.2, 0.25) is 0 Å². The van der Waals surface area contributed by atoms with Crippen molar-refractivity contribution in [1.82, 2.24) is 19.8 Å². The first-order chi connectivity index (χ1) is 19.6. The summed E-state index contributed by atoms with van der Waals surface area (Å²) in [5.74, 6) is 0.0589. The summed E-state index contributed by atoms with van der Waals surface area (Å²) in [4.78, 5) is 18.8. The molecule has 0 saturated carbocycles. The minimum Gasteiger partial charge on any atom is -0.444 e. The van der Waals surface area contributed by atoms with Crippen LogP contribution in [0.3, 0.4) is 0 Å². The Morgan fingerprint density at radius 3 is 2.59 bits per heavy atom. The molecule has 1 N–H and O–H groups in total. The Balaban J connectivity index is 1.54. The second-order valence-corrected chi connectivity index (χ2v) is 11.7. The van der Waals surface area contributed by atoms with Crippen molar-refractivity contribution in [2.75, 3.05) is 33.4 Å². The van der Waals surface area contributed by atoms with Gasteiger partial charge in [-0.2, -0.15) is 0 Å². The number of hydrogen-bond donors (Lipinski definition) is 1. The molecule has 0 aliphatic carbocycles. The highest BCUT2D eigenvalue weighted by atomic mass is 19.1. The van der Waals surface area contributed by atoms with Gasteiger partial charge in [-0.3, -0.25) is 0 Å². The van der Waals surface area contributed by atoms with E-state index in [0.717, 1.165) is 49.2 Å². The molecule has 2 heterocycles. The summed E-state index contributed by atoms with van der Waals surface area (Å²) in [6.07, 6.45) is 4.90. The molecule has 222 valence electrons. The van der Waals surface area contributed by atoms with E-state index in [1.807, 2.05) is 57.3 Å². The molecule has 0 spiro atoms. The number of amides is 1. The summed E-state index contributed by atoms with van der Waals surface area (Å²) in [7, 11) is 1.75. The first-order valence-corrected chi connectivity index (χ1v) is 14.4. The highest BCUT2D eigenvalue weighted by Crippen LogP contribution is 2.33. The second kappa shape index (κ2) is 14.0. The predicted octanol–water partition coefficient (Wildman–Crippen LogP) is 6.58. The quantitative estimate of drug-likeness (QED) is 0.265. The van der Waals surface area contributed by atoms with Gasteiger partial charge >= 0.3 is 6.09 Å². The fraction of sp³-hybridized carbons (Fsp3) is 0.500. The Hall–Kier alpha value is -3.30. The van der Waals surface area contributed by atoms with E-state index in [2.05, 4.69) is 9.88 Å². The van der Waals surface area contributed by atoms with Gasteiger partial charge in [0.15, 0.2) is 0 Å². The molecule has 4 rings (SSSR count). The largest absolute Gasteiger partial charge is 0.444 e. The third-order valence-electron chi connectivity index (χ3n) is 7.21. The maximum absolute atomic E-state index is 14.8. The van der Waals surface area contributed by atoms with Crippen molar-refractivity contribution in [2.24, 2.45) is 5.92 Å². The number of imidazole rings is 1. The van der Waals surface area contributed by atoms with Crippen LogP contribution in [0.5, 0.6) is 0 Å². The normalized spacial score (nSPS) is 15.1. The number of halogens is 2. The lowest BCUT2D eigenvalue weighted by Crippen LogP contribution is -2.36. The van der Waals surface area contributed by atoms with Crippen LogP contribution >= 0.6 is 0 Å². The number of benzene rings is 2. The molecular formula is C32H42F2N4O3. The molecule has 3 aromatic rings. The van der Waals surface area contributed by atoms with Crippen LogP contribution in [0, 0.1) is 17.6 Å². The molecule has 0 bridgehead atoms. The zero-order valence-corrected chi connectivity index (χ0v) is 24.5. The molecule has 9 heteroatoms. The number of nitrogens with one attached hydrogen (secondary N) is 1. The van der Waals surface area contributed by atoms with Gasteiger partial charge < -0.3 is 24.3 Å². The lowest BCUT2D eigenvalue weighted by molar-refractivity contribution is 0.0296. The third-order valence-corrected chi connectivity index (χ3v) is 7.21. The second-order valence-electron chi connectivity index (χ2n) is 11.7. The molecule has 1 aliphatic rings. The van der Waals surface area contributed by atoms with Crippen LogP contribution < -0.4 is 5.32 Å². The Kier molecular flexibility index (Phi) is 10.5. The fourth-order valence-electron chi connectivity index (χ4n) is 5.09. The summed E-state index contributed by atoms with van der Waals surface area (Å²) >= 11 is 0. The van der Waals surface area contributed by atoms with Gasteiger partial charge in [0, 0.05) is 45.1 Å². The number of rotatable bonds is 11. The SMILES string of the molecule is CN(CCCCNC(c1nc(-c2cc(F)ccc2F)cn1Cc1ccccc1)C1CCOCC1)C(=O)OC(C)(C)C. The predicted molar refractivity (Wildman–Crippen MR) is 156 cm³/mol. The van der Waals surface area contributed by atoms with E-state index in [0.29, 0.717) is 38.5 Å². The summed E-state index contributed by atoms with van der Waals surface area (Å²) < 4.78 is 42.0. The Morgan fingerprint density at radius 1 is 1.15 bits per heavy atom. The number of nitrogens with zero attached hydrogens (tertiary/aromatic N) is 3. The maximum atomic E-state index is 14.8. The van der Waals surface area contributed by atoms with Crippen molar-refractivity contribution < 1.29 is 23.0 Å². The number of ether oxygens (including phenoxy) is 2. The van der Waals surface area contributed by atoms with Crippen LogP contribution in [0.25, 0.3) is 11.3 Å². The van der Waals surface area contributed by atoms with Gasteiger partial charge in [0.05, 0.1) is 11.7 Å². The average molecular weight is 569 g/mol. The highest BCUT2D eigenvalue weighted by molar-refractivity contribution is 5.67. The van der Waals surface area contributed by atoms with Crippen LogP contribution in [0.2, 0.25) is 0 Å². The molecule has 0 radical (unpaired) electrons. The van der Waals surface area contributed by atoms with Crippen molar-refractivity contribution in [3.05, 3.63) is 77.8 Å².